The maximum atomic E-state index is 13.6. The molecule has 0 saturated carbocycles. The second kappa shape index (κ2) is 10.1. The van der Waals surface area contributed by atoms with Crippen LogP contribution in [0.5, 0.6) is 5.75 Å². The van der Waals surface area contributed by atoms with E-state index in [0.29, 0.717) is 17.1 Å². The molecule has 1 aliphatic rings. The summed E-state index contributed by atoms with van der Waals surface area (Å²) in [5.41, 5.74) is 4.70. The summed E-state index contributed by atoms with van der Waals surface area (Å²) in [4.78, 5) is 28.7. The summed E-state index contributed by atoms with van der Waals surface area (Å²) in [6.07, 6.45) is 1.78. The van der Waals surface area contributed by atoms with Crippen molar-refractivity contribution in [1.82, 2.24) is 9.47 Å². The molecule has 9 heteroatoms. The lowest BCUT2D eigenvalue weighted by atomic mass is 10.2. The van der Waals surface area contributed by atoms with E-state index in [0.717, 1.165) is 27.1 Å². The van der Waals surface area contributed by atoms with Gasteiger partial charge in [-0.1, -0.05) is 15.9 Å². The number of aryl methyl sites for hydroxylation is 1. The Balaban J connectivity index is 1.78. The van der Waals surface area contributed by atoms with Crippen molar-refractivity contribution in [2.24, 2.45) is 0 Å². The Bertz CT molecular complexity index is 1330. The van der Waals surface area contributed by atoms with Crippen molar-refractivity contribution in [3.63, 3.8) is 0 Å². The number of halogens is 1. The molecule has 7 nitrogen and oxygen atoms in total. The molecular formula is C26H24BrN3O4S. The van der Waals surface area contributed by atoms with Crippen LogP contribution in [0.4, 0.5) is 5.69 Å². The highest BCUT2D eigenvalue weighted by atomic mass is 79.9. The zero-order valence-electron chi connectivity index (χ0n) is 19.7. The lowest BCUT2D eigenvalue weighted by Crippen LogP contribution is -2.35. The van der Waals surface area contributed by atoms with E-state index in [-0.39, 0.29) is 17.6 Å². The molecule has 1 fully saturated rings. The van der Waals surface area contributed by atoms with Gasteiger partial charge >= 0.3 is 5.97 Å². The number of nitrogens with zero attached hydrogens (tertiary/aromatic N) is 3. The zero-order chi connectivity index (χ0) is 25.3. The second-order valence-electron chi connectivity index (χ2n) is 7.95. The summed E-state index contributed by atoms with van der Waals surface area (Å²) in [6.45, 7) is 3.82. The van der Waals surface area contributed by atoms with Crippen LogP contribution in [0.2, 0.25) is 0 Å². The molecule has 4 rings (SSSR count). The van der Waals surface area contributed by atoms with Gasteiger partial charge in [0.25, 0.3) is 5.91 Å². The monoisotopic (exact) mass is 553 g/mol. The molecule has 0 aliphatic carbocycles. The molecule has 2 aromatic carbocycles. The third kappa shape index (κ3) is 4.74. The molecule has 1 aromatic heterocycles. The van der Waals surface area contributed by atoms with Crippen LogP contribution >= 0.6 is 28.1 Å². The predicted octanol–water partition coefficient (Wildman–Crippen LogP) is 5.01. The Morgan fingerprint density at radius 3 is 2.26 bits per heavy atom. The molecule has 0 N–H and O–H groups in total. The number of hydrogen-bond donors (Lipinski definition) is 0. The Labute approximate surface area is 217 Å². The van der Waals surface area contributed by atoms with Crippen LogP contribution in [0.3, 0.4) is 0 Å². The summed E-state index contributed by atoms with van der Waals surface area (Å²) in [6, 6.07) is 17.0. The van der Waals surface area contributed by atoms with Crippen molar-refractivity contribution >= 4 is 56.9 Å². The predicted molar refractivity (Wildman–Crippen MR) is 143 cm³/mol. The van der Waals surface area contributed by atoms with Gasteiger partial charge in [0.05, 0.1) is 19.9 Å². The number of methoxy groups -OCH3 is 2. The summed E-state index contributed by atoms with van der Waals surface area (Å²) < 4.78 is 13.2. The number of thiocarbonyl (C=S) groups is 1. The SMILES string of the molecule is COC(=O)CN1C(=S)N(c2ccc(OC)cc2)C(=O)/C1=C/c1cc(C)n(-c2ccc(Br)cc2)c1C. The average Bonchev–Trinajstić information content (AvgIpc) is 3.26. The number of benzene rings is 2. The van der Waals surface area contributed by atoms with Crippen molar-refractivity contribution in [2.75, 3.05) is 25.7 Å². The van der Waals surface area contributed by atoms with Gasteiger partial charge in [0.2, 0.25) is 0 Å². The highest BCUT2D eigenvalue weighted by Gasteiger charge is 2.40. The lowest BCUT2D eigenvalue weighted by Gasteiger charge is -2.19. The number of hydrogen-bond acceptors (Lipinski definition) is 5. The number of aromatic nitrogens is 1. The third-order valence-corrected chi connectivity index (χ3v) is 6.76. The number of anilines is 1. The number of carbonyl (C=O) groups is 2. The van der Waals surface area contributed by atoms with Crippen molar-refractivity contribution in [1.29, 1.82) is 0 Å². The minimum atomic E-state index is -0.497. The molecule has 1 aliphatic heterocycles. The minimum Gasteiger partial charge on any atom is -0.497 e. The van der Waals surface area contributed by atoms with Gasteiger partial charge in [0.1, 0.15) is 18.0 Å². The van der Waals surface area contributed by atoms with Gasteiger partial charge in [-0.15, -0.1) is 0 Å². The average molecular weight is 554 g/mol. The number of amides is 1. The fourth-order valence-corrected chi connectivity index (χ4v) is 4.67. The maximum Gasteiger partial charge on any atom is 0.325 e. The topological polar surface area (TPSA) is 64.0 Å². The Kier molecular flexibility index (Phi) is 7.09. The Hall–Kier alpha value is -3.43. The zero-order valence-corrected chi connectivity index (χ0v) is 22.1. The molecule has 35 heavy (non-hydrogen) atoms. The molecule has 0 atom stereocenters. The normalized spacial score (nSPS) is 14.7. The molecule has 3 aromatic rings. The van der Waals surface area contributed by atoms with E-state index in [1.807, 2.05) is 44.2 Å². The van der Waals surface area contributed by atoms with Crippen LogP contribution in [-0.2, 0) is 14.3 Å². The fourth-order valence-electron chi connectivity index (χ4n) is 4.05. The van der Waals surface area contributed by atoms with Crippen LogP contribution in [0.1, 0.15) is 17.0 Å². The van der Waals surface area contributed by atoms with Gasteiger partial charge < -0.3 is 18.9 Å². The first-order valence-electron chi connectivity index (χ1n) is 10.8. The first kappa shape index (κ1) is 24.7. The molecule has 0 bridgehead atoms. The smallest absolute Gasteiger partial charge is 0.325 e. The number of esters is 1. The van der Waals surface area contributed by atoms with E-state index in [4.69, 9.17) is 21.7 Å². The largest absolute Gasteiger partial charge is 0.497 e. The van der Waals surface area contributed by atoms with Crippen LogP contribution < -0.4 is 9.64 Å². The van der Waals surface area contributed by atoms with E-state index >= 15 is 0 Å². The van der Waals surface area contributed by atoms with Crippen LogP contribution in [-0.4, -0.2) is 47.2 Å². The maximum absolute atomic E-state index is 13.6. The van der Waals surface area contributed by atoms with Crippen molar-refractivity contribution in [3.8, 4) is 11.4 Å². The molecule has 0 radical (unpaired) electrons. The fraction of sp³-hybridized carbons (Fsp3) is 0.192. The molecule has 180 valence electrons. The van der Waals surface area contributed by atoms with Crippen molar-refractivity contribution < 1.29 is 19.1 Å². The summed E-state index contributed by atoms with van der Waals surface area (Å²) >= 11 is 9.11. The molecule has 1 saturated heterocycles. The molecule has 0 unspecified atom stereocenters. The van der Waals surface area contributed by atoms with Gasteiger partial charge in [-0.25, -0.2) is 0 Å². The Morgan fingerprint density at radius 1 is 1.03 bits per heavy atom. The van der Waals surface area contributed by atoms with Gasteiger partial charge in [-0.05, 0) is 92.3 Å². The molecule has 0 spiro atoms. The van der Waals surface area contributed by atoms with E-state index in [2.05, 4.69) is 20.5 Å². The van der Waals surface area contributed by atoms with E-state index in [1.165, 1.54) is 16.9 Å². The number of ether oxygens (including phenoxy) is 2. The highest BCUT2D eigenvalue weighted by Crippen LogP contribution is 2.32. The van der Waals surface area contributed by atoms with E-state index in [9.17, 15) is 9.59 Å². The van der Waals surface area contributed by atoms with E-state index in [1.54, 1.807) is 37.5 Å². The summed E-state index contributed by atoms with van der Waals surface area (Å²) in [5.74, 6) is -0.158. The minimum absolute atomic E-state index is 0.176. The lowest BCUT2D eigenvalue weighted by molar-refractivity contribution is -0.140. The highest BCUT2D eigenvalue weighted by molar-refractivity contribution is 9.10. The first-order valence-corrected chi connectivity index (χ1v) is 12.0. The molecule has 1 amide bonds. The molecule has 2 heterocycles. The van der Waals surface area contributed by atoms with Crippen LogP contribution in [0.25, 0.3) is 11.8 Å². The quantitative estimate of drug-likeness (QED) is 0.243. The third-order valence-electron chi connectivity index (χ3n) is 5.83. The van der Waals surface area contributed by atoms with Gasteiger partial charge in [-0.3, -0.25) is 14.5 Å². The number of rotatable bonds is 6. The van der Waals surface area contributed by atoms with Crippen LogP contribution in [0.15, 0.2) is 64.8 Å². The summed E-state index contributed by atoms with van der Waals surface area (Å²) in [7, 11) is 2.88. The van der Waals surface area contributed by atoms with Gasteiger partial charge in [0, 0.05) is 21.5 Å². The first-order chi connectivity index (χ1) is 16.7. The number of carbonyl (C=O) groups excluding carboxylic acids is 2. The van der Waals surface area contributed by atoms with Crippen LogP contribution in [0, 0.1) is 13.8 Å². The van der Waals surface area contributed by atoms with Gasteiger partial charge in [0.15, 0.2) is 5.11 Å². The Morgan fingerprint density at radius 2 is 1.66 bits per heavy atom. The summed E-state index contributed by atoms with van der Waals surface area (Å²) in [5, 5.41) is 0.207. The second-order valence-corrected chi connectivity index (χ2v) is 9.23. The van der Waals surface area contributed by atoms with Crippen molar-refractivity contribution in [3.05, 3.63) is 81.7 Å². The van der Waals surface area contributed by atoms with Gasteiger partial charge in [-0.2, -0.15) is 0 Å². The van der Waals surface area contributed by atoms with E-state index < -0.39 is 5.97 Å². The standard InChI is InChI=1S/C26H24BrN3O4S/c1-16-13-18(17(2)29(16)20-7-5-19(27)6-8-20)14-23-25(32)30(21-9-11-22(33-3)12-10-21)26(35)28(23)15-24(31)34-4/h5-14H,15H2,1-4H3/b23-14-. The van der Waals surface area contributed by atoms with Crippen molar-refractivity contribution in [2.45, 2.75) is 13.8 Å². The molecular weight excluding hydrogens is 530 g/mol.